The lowest BCUT2D eigenvalue weighted by Gasteiger charge is -2.11. The van der Waals surface area contributed by atoms with Gasteiger partial charge >= 0.3 is 0 Å². The van der Waals surface area contributed by atoms with Gasteiger partial charge in [-0.1, -0.05) is 17.7 Å². The number of hydrogen-bond donors (Lipinski definition) is 1. The highest BCUT2D eigenvalue weighted by molar-refractivity contribution is 6.48. The van der Waals surface area contributed by atoms with Crippen molar-refractivity contribution in [3.05, 3.63) is 28.3 Å². The average Bonchev–Trinajstić information content (AvgIpc) is 2.13. The molecule has 1 aromatic carbocycles. The Morgan fingerprint density at radius 2 is 2.07 bits per heavy atom. The molecule has 0 unspecified atom stereocenters. The second kappa shape index (κ2) is 4.82. The SMILES string of the molecule is Cc1c(CO[SiH](C)C)ccc(Cl)c1N. The highest BCUT2D eigenvalue weighted by Crippen LogP contribution is 2.25. The van der Waals surface area contributed by atoms with Crippen LogP contribution in [0, 0.1) is 6.92 Å². The summed E-state index contributed by atoms with van der Waals surface area (Å²) in [5, 5.41) is 0.619. The first kappa shape index (κ1) is 11.6. The van der Waals surface area contributed by atoms with Crippen molar-refractivity contribution in [1.29, 1.82) is 0 Å². The Labute approximate surface area is 91.7 Å². The average molecular weight is 230 g/mol. The molecule has 0 aromatic heterocycles. The third kappa shape index (κ3) is 2.74. The third-order valence-electron chi connectivity index (χ3n) is 2.15. The summed E-state index contributed by atoms with van der Waals surface area (Å²) in [5.41, 5.74) is 8.64. The summed E-state index contributed by atoms with van der Waals surface area (Å²) in [6.45, 7) is 6.92. The van der Waals surface area contributed by atoms with Crippen LogP contribution in [0.1, 0.15) is 11.1 Å². The van der Waals surface area contributed by atoms with Crippen LogP contribution in [-0.2, 0) is 11.0 Å². The molecule has 0 saturated carbocycles. The van der Waals surface area contributed by atoms with Crippen LogP contribution < -0.4 is 5.73 Å². The summed E-state index contributed by atoms with van der Waals surface area (Å²) in [4.78, 5) is 0. The molecule has 0 saturated heterocycles. The molecule has 0 aliphatic heterocycles. The molecule has 2 N–H and O–H groups in total. The zero-order valence-corrected chi connectivity index (χ0v) is 10.7. The molecule has 78 valence electrons. The molecule has 0 spiro atoms. The second-order valence-corrected chi connectivity index (χ2v) is 6.44. The van der Waals surface area contributed by atoms with Crippen molar-refractivity contribution in [2.24, 2.45) is 0 Å². The fourth-order valence-corrected chi connectivity index (χ4v) is 1.87. The first-order chi connectivity index (χ1) is 6.52. The van der Waals surface area contributed by atoms with Crippen LogP contribution in [0.15, 0.2) is 12.1 Å². The van der Waals surface area contributed by atoms with Crippen molar-refractivity contribution >= 4 is 26.3 Å². The molecule has 0 amide bonds. The van der Waals surface area contributed by atoms with Gasteiger partial charge in [0.25, 0.3) is 0 Å². The Morgan fingerprint density at radius 1 is 1.43 bits per heavy atom. The first-order valence-corrected chi connectivity index (χ1v) is 7.83. The molecular formula is C10H16ClNOSi. The molecular weight excluding hydrogens is 214 g/mol. The fraction of sp³-hybridized carbons (Fsp3) is 0.400. The maximum atomic E-state index is 5.89. The lowest BCUT2D eigenvalue weighted by atomic mass is 10.1. The number of rotatable bonds is 3. The molecule has 1 rings (SSSR count). The molecule has 4 heteroatoms. The minimum atomic E-state index is -0.963. The van der Waals surface area contributed by atoms with Crippen molar-refractivity contribution in [2.75, 3.05) is 5.73 Å². The van der Waals surface area contributed by atoms with Crippen LogP contribution in [0.5, 0.6) is 0 Å². The van der Waals surface area contributed by atoms with Crippen molar-refractivity contribution in [3.63, 3.8) is 0 Å². The number of benzene rings is 1. The largest absolute Gasteiger partial charge is 0.416 e. The normalized spacial score (nSPS) is 10.9. The van der Waals surface area contributed by atoms with Gasteiger partial charge in [0.15, 0.2) is 9.04 Å². The Hall–Kier alpha value is -0.513. The maximum Gasteiger partial charge on any atom is 0.171 e. The summed E-state index contributed by atoms with van der Waals surface area (Å²) in [7, 11) is -0.963. The summed E-state index contributed by atoms with van der Waals surface area (Å²) < 4.78 is 5.64. The number of halogens is 1. The predicted octanol–water partition coefficient (Wildman–Crippen LogP) is 2.73. The van der Waals surface area contributed by atoms with Gasteiger partial charge in [0.05, 0.1) is 17.3 Å². The Kier molecular flexibility index (Phi) is 3.98. The molecule has 0 heterocycles. The van der Waals surface area contributed by atoms with E-state index in [2.05, 4.69) is 13.1 Å². The highest BCUT2D eigenvalue weighted by Gasteiger charge is 2.06. The predicted molar refractivity (Wildman–Crippen MR) is 64.3 cm³/mol. The fourth-order valence-electron chi connectivity index (χ4n) is 1.15. The van der Waals surface area contributed by atoms with E-state index < -0.39 is 9.04 Å². The molecule has 1 aromatic rings. The smallest absolute Gasteiger partial charge is 0.171 e. The zero-order valence-electron chi connectivity index (χ0n) is 8.80. The van der Waals surface area contributed by atoms with Gasteiger partial charge in [-0.3, -0.25) is 0 Å². The van der Waals surface area contributed by atoms with E-state index in [1.54, 1.807) is 0 Å². The Balaban J connectivity index is 2.83. The topological polar surface area (TPSA) is 35.2 Å². The molecule has 0 fully saturated rings. The lowest BCUT2D eigenvalue weighted by molar-refractivity contribution is 0.314. The molecule has 2 nitrogen and oxygen atoms in total. The van der Waals surface area contributed by atoms with Gasteiger partial charge in [-0.2, -0.15) is 0 Å². The molecule has 0 bridgehead atoms. The zero-order chi connectivity index (χ0) is 10.7. The van der Waals surface area contributed by atoms with E-state index in [0.717, 1.165) is 11.1 Å². The molecule has 14 heavy (non-hydrogen) atoms. The van der Waals surface area contributed by atoms with Crippen molar-refractivity contribution in [2.45, 2.75) is 26.6 Å². The molecule has 0 atom stereocenters. The van der Waals surface area contributed by atoms with Crippen LogP contribution in [-0.4, -0.2) is 9.04 Å². The van der Waals surface area contributed by atoms with Crippen LogP contribution in [0.25, 0.3) is 0 Å². The highest BCUT2D eigenvalue weighted by atomic mass is 35.5. The van der Waals surface area contributed by atoms with E-state index in [4.69, 9.17) is 21.8 Å². The first-order valence-electron chi connectivity index (χ1n) is 4.67. The van der Waals surface area contributed by atoms with Gasteiger partial charge in [-0.15, -0.1) is 0 Å². The van der Waals surface area contributed by atoms with E-state index in [0.29, 0.717) is 17.3 Å². The number of nitrogen functional groups attached to an aromatic ring is 1. The van der Waals surface area contributed by atoms with Crippen molar-refractivity contribution in [3.8, 4) is 0 Å². The van der Waals surface area contributed by atoms with Crippen molar-refractivity contribution < 1.29 is 4.43 Å². The summed E-state index contributed by atoms with van der Waals surface area (Å²) in [6, 6.07) is 3.80. The standard InChI is InChI=1S/C10H16ClNOSi/c1-7-8(6-13-14(2)3)4-5-9(11)10(7)12/h4-5,14H,6,12H2,1-3H3. The van der Waals surface area contributed by atoms with E-state index in [1.165, 1.54) is 0 Å². The lowest BCUT2D eigenvalue weighted by Crippen LogP contribution is -2.08. The minimum Gasteiger partial charge on any atom is -0.416 e. The summed E-state index contributed by atoms with van der Waals surface area (Å²) >= 11 is 5.89. The maximum absolute atomic E-state index is 5.89. The van der Waals surface area contributed by atoms with Crippen LogP contribution in [0.3, 0.4) is 0 Å². The second-order valence-electron chi connectivity index (χ2n) is 3.60. The Morgan fingerprint density at radius 3 is 2.64 bits per heavy atom. The molecule has 0 aliphatic rings. The van der Waals surface area contributed by atoms with Crippen LogP contribution in [0.4, 0.5) is 5.69 Å². The summed E-state index contributed by atoms with van der Waals surface area (Å²) in [6.07, 6.45) is 0. The number of hydrogen-bond acceptors (Lipinski definition) is 2. The van der Waals surface area contributed by atoms with Gasteiger partial charge < -0.3 is 10.2 Å². The van der Waals surface area contributed by atoms with E-state index in [1.807, 2.05) is 19.1 Å². The minimum absolute atomic E-state index is 0.619. The van der Waals surface area contributed by atoms with Gasteiger partial charge in [-0.05, 0) is 37.2 Å². The van der Waals surface area contributed by atoms with E-state index in [-0.39, 0.29) is 0 Å². The number of anilines is 1. The van der Waals surface area contributed by atoms with Gasteiger partial charge in [-0.25, -0.2) is 0 Å². The quantitative estimate of drug-likeness (QED) is 0.639. The third-order valence-corrected chi connectivity index (χ3v) is 3.31. The van der Waals surface area contributed by atoms with Crippen molar-refractivity contribution in [1.82, 2.24) is 0 Å². The molecule has 0 radical (unpaired) electrons. The van der Waals surface area contributed by atoms with Crippen LogP contribution >= 0.6 is 11.6 Å². The monoisotopic (exact) mass is 229 g/mol. The van der Waals surface area contributed by atoms with Gasteiger partial charge in [0.1, 0.15) is 0 Å². The van der Waals surface area contributed by atoms with E-state index >= 15 is 0 Å². The van der Waals surface area contributed by atoms with Gasteiger partial charge in [0, 0.05) is 0 Å². The Bertz CT molecular complexity index is 328. The molecule has 0 aliphatic carbocycles. The van der Waals surface area contributed by atoms with E-state index in [9.17, 15) is 0 Å². The van der Waals surface area contributed by atoms with Gasteiger partial charge in [0.2, 0.25) is 0 Å². The number of nitrogens with two attached hydrogens (primary N) is 1. The van der Waals surface area contributed by atoms with Crippen LogP contribution in [0.2, 0.25) is 18.1 Å². The summed E-state index contributed by atoms with van der Waals surface area (Å²) in [5.74, 6) is 0.